The largest absolute Gasteiger partial charge is 0.481 e. The van der Waals surface area contributed by atoms with Gasteiger partial charge in [-0.15, -0.1) is 0 Å². The van der Waals surface area contributed by atoms with Crippen molar-refractivity contribution in [1.29, 1.82) is 0 Å². The monoisotopic (exact) mass is 450 g/mol. The molecule has 3 aromatic rings. The number of aliphatic carboxylic acids is 1. The summed E-state index contributed by atoms with van der Waals surface area (Å²) in [5.41, 5.74) is 0.725. The first kappa shape index (κ1) is 23.3. The fourth-order valence-corrected chi connectivity index (χ4v) is 2.97. The highest BCUT2D eigenvalue weighted by Gasteiger charge is 2.25. The topological polar surface area (TPSA) is 131 Å². The minimum Gasteiger partial charge on any atom is -0.481 e. The highest BCUT2D eigenvalue weighted by atomic mass is 16.5. The number of carboxylic acids is 1. The molecule has 0 aliphatic heterocycles. The molecule has 0 spiro atoms. The molecule has 0 aliphatic rings. The first-order valence-corrected chi connectivity index (χ1v) is 10.1. The second kappa shape index (κ2) is 11.3. The Hall–Kier alpha value is -4.40. The van der Waals surface area contributed by atoms with Crippen molar-refractivity contribution >= 4 is 34.7 Å². The average Bonchev–Trinajstić information content (AvgIpc) is 2.81. The first-order valence-electron chi connectivity index (χ1n) is 10.1. The van der Waals surface area contributed by atoms with E-state index in [-0.39, 0.29) is 6.61 Å². The number of nitrogens with one attached hydrogen (secondary N) is 2. The number of ether oxygens (including phenoxy) is 2. The van der Waals surface area contributed by atoms with E-state index in [0.717, 1.165) is 16.3 Å². The molecule has 1 atom stereocenters. The molecule has 9 heteroatoms. The molecular weight excluding hydrogens is 428 g/mol. The Morgan fingerprint density at radius 2 is 1.58 bits per heavy atom. The lowest BCUT2D eigenvalue weighted by Crippen LogP contribution is -2.49. The van der Waals surface area contributed by atoms with Crippen LogP contribution in [0.5, 0.6) is 5.75 Å². The van der Waals surface area contributed by atoms with Crippen LogP contribution in [0.1, 0.15) is 12.0 Å². The SMILES string of the molecule is O=C(O)CC(NC(=O)OCc1ccccc1)C(=O)NCC(=O)Oc1ccc2ccccc2c1. The third kappa shape index (κ3) is 7.35. The normalized spacial score (nSPS) is 11.3. The fraction of sp³-hybridized carbons (Fsp3) is 0.167. The van der Waals surface area contributed by atoms with Crippen LogP contribution in [-0.4, -0.2) is 41.6 Å². The van der Waals surface area contributed by atoms with Gasteiger partial charge in [-0.25, -0.2) is 9.59 Å². The lowest BCUT2D eigenvalue weighted by atomic mass is 10.1. The van der Waals surface area contributed by atoms with Crippen LogP contribution in [0.2, 0.25) is 0 Å². The van der Waals surface area contributed by atoms with Crippen LogP contribution in [0.3, 0.4) is 0 Å². The Labute approximate surface area is 189 Å². The van der Waals surface area contributed by atoms with Crippen molar-refractivity contribution in [3.05, 3.63) is 78.4 Å². The Bertz CT molecular complexity index is 1150. The number of fused-ring (bicyclic) bond motifs is 1. The molecule has 0 saturated heterocycles. The molecule has 0 radical (unpaired) electrons. The smallest absolute Gasteiger partial charge is 0.408 e. The number of amides is 2. The molecule has 3 rings (SSSR count). The van der Waals surface area contributed by atoms with Crippen LogP contribution < -0.4 is 15.4 Å². The van der Waals surface area contributed by atoms with E-state index in [2.05, 4.69) is 10.6 Å². The fourth-order valence-electron chi connectivity index (χ4n) is 2.97. The van der Waals surface area contributed by atoms with Crippen LogP contribution >= 0.6 is 0 Å². The van der Waals surface area contributed by atoms with Gasteiger partial charge in [-0.1, -0.05) is 60.7 Å². The molecular formula is C24H22N2O7. The number of hydrogen-bond acceptors (Lipinski definition) is 6. The summed E-state index contributed by atoms with van der Waals surface area (Å²) in [4.78, 5) is 47.6. The number of benzene rings is 3. The van der Waals surface area contributed by atoms with Crippen molar-refractivity contribution in [1.82, 2.24) is 10.6 Å². The Morgan fingerprint density at radius 3 is 2.30 bits per heavy atom. The molecule has 1 unspecified atom stereocenters. The highest BCUT2D eigenvalue weighted by Crippen LogP contribution is 2.20. The maximum atomic E-state index is 12.4. The Balaban J connectivity index is 1.51. The Morgan fingerprint density at radius 1 is 0.879 bits per heavy atom. The maximum absolute atomic E-state index is 12.4. The van der Waals surface area contributed by atoms with Gasteiger partial charge >= 0.3 is 18.0 Å². The zero-order valence-corrected chi connectivity index (χ0v) is 17.5. The van der Waals surface area contributed by atoms with Gasteiger partial charge in [-0.05, 0) is 28.5 Å². The zero-order chi connectivity index (χ0) is 23.6. The van der Waals surface area contributed by atoms with E-state index >= 15 is 0 Å². The van der Waals surface area contributed by atoms with E-state index in [1.807, 2.05) is 30.3 Å². The van der Waals surface area contributed by atoms with Crippen molar-refractivity contribution < 1.29 is 33.8 Å². The van der Waals surface area contributed by atoms with Gasteiger partial charge in [0, 0.05) is 0 Å². The first-order chi connectivity index (χ1) is 15.9. The third-order valence-electron chi connectivity index (χ3n) is 4.56. The van der Waals surface area contributed by atoms with Crippen LogP contribution in [-0.2, 0) is 25.7 Å². The van der Waals surface area contributed by atoms with Crippen LogP contribution in [0.4, 0.5) is 4.79 Å². The number of esters is 1. The predicted octanol–water partition coefficient (Wildman–Crippen LogP) is 2.63. The molecule has 0 heterocycles. The molecule has 0 bridgehead atoms. The van der Waals surface area contributed by atoms with Crippen molar-refractivity contribution in [2.24, 2.45) is 0 Å². The van der Waals surface area contributed by atoms with Crippen LogP contribution in [0.15, 0.2) is 72.8 Å². The Kier molecular flexibility index (Phi) is 7.96. The van der Waals surface area contributed by atoms with Crippen molar-refractivity contribution in [2.45, 2.75) is 19.1 Å². The number of carboxylic acid groups (broad SMARTS) is 1. The molecule has 33 heavy (non-hydrogen) atoms. The van der Waals surface area contributed by atoms with E-state index in [1.165, 1.54) is 0 Å². The minimum atomic E-state index is -1.43. The molecule has 2 amide bonds. The van der Waals surface area contributed by atoms with Crippen LogP contribution in [0.25, 0.3) is 10.8 Å². The number of carbonyl (C=O) groups is 4. The molecule has 0 saturated carbocycles. The molecule has 0 fully saturated rings. The predicted molar refractivity (Wildman–Crippen MR) is 118 cm³/mol. The third-order valence-corrected chi connectivity index (χ3v) is 4.56. The minimum absolute atomic E-state index is 0.0494. The van der Waals surface area contributed by atoms with E-state index < -0.39 is 42.9 Å². The maximum Gasteiger partial charge on any atom is 0.408 e. The van der Waals surface area contributed by atoms with E-state index in [4.69, 9.17) is 14.6 Å². The van der Waals surface area contributed by atoms with E-state index in [9.17, 15) is 19.2 Å². The quantitative estimate of drug-likeness (QED) is 0.337. The molecule has 170 valence electrons. The van der Waals surface area contributed by atoms with Gasteiger partial charge in [0.05, 0.1) is 6.42 Å². The summed E-state index contributed by atoms with van der Waals surface area (Å²) < 4.78 is 10.2. The second-order valence-corrected chi connectivity index (χ2v) is 7.06. The van der Waals surface area contributed by atoms with Crippen molar-refractivity contribution in [3.63, 3.8) is 0 Å². The average molecular weight is 450 g/mol. The zero-order valence-electron chi connectivity index (χ0n) is 17.5. The highest BCUT2D eigenvalue weighted by molar-refractivity contribution is 5.91. The van der Waals surface area contributed by atoms with Crippen LogP contribution in [0, 0.1) is 0 Å². The van der Waals surface area contributed by atoms with Gasteiger partial charge in [0.15, 0.2) is 0 Å². The van der Waals surface area contributed by atoms with Gasteiger partial charge in [-0.3, -0.25) is 9.59 Å². The lowest BCUT2D eigenvalue weighted by Gasteiger charge is -2.16. The standard InChI is InChI=1S/C24H22N2O7/c27-21(28)13-20(26-24(31)32-15-16-6-2-1-3-7-16)23(30)25-14-22(29)33-19-11-10-17-8-4-5-9-18(17)12-19/h1-12,20H,13-15H2,(H,25,30)(H,26,31)(H,27,28). The summed E-state index contributed by atoms with van der Waals surface area (Å²) >= 11 is 0. The number of alkyl carbamates (subject to hydrolysis) is 1. The number of carbonyl (C=O) groups excluding carboxylic acids is 3. The summed E-state index contributed by atoms with van der Waals surface area (Å²) in [6.07, 6.45) is -1.65. The van der Waals surface area contributed by atoms with Gasteiger partial charge < -0.3 is 25.2 Å². The molecule has 0 aliphatic carbocycles. The number of rotatable bonds is 9. The molecule has 3 N–H and O–H groups in total. The molecule has 9 nitrogen and oxygen atoms in total. The molecule has 0 aromatic heterocycles. The summed E-state index contributed by atoms with van der Waals surface area (Å²) in [6, 6.07) is 20.1. The van der Waals surface area contributed by atoms with Gasteiger partial charge in [0.2, 0.25) is 5.91 Å². The summed E-state index contributed by atoms with van der Waals surface area (Å²) in [5.74, 6) is -2.61. The summed E-state index contributed by atoms with van der Waals surface area (Å²) in [7, 11) is 0. The van der Waals surface area contributed by atoms with E-state index in [0.29, 0.717) is 5.75 Å². The van der Waals surface area contributed by atoms with Crippen molar-refractivity contribution in [2.75, 3.05) is 6.54 Å². The van der Waals surface area contributed by atoms with Gasteiger partial charge in [0.25, 0.3) is 0 Å². The molecule has 3 aromatic carbocycles. The lowest BCUT2D eigenvalue weighted by molar-refractivity contribution is -0.140. The van der Waals surface area contributed by atoms with Crippen molar-refractivity contribution in [3.8, 4) is 5.75 Å². The summed E-state index contributed by atoms with van der Waals surface area (Å²) in [6.45, 7) is -0.561. The second-order valence-electron chi connectivity index (χ2n) is 7.06. The van der Waals surface area contributed by atoms with Gasteiger partial charge in [-0.2, -0.15) is 0 Å². The summed E-state index contributed by atoms with van der Waals surface area (Å²) in [5, 5.41) is 15.4. The van der Waals surface area contributed by atoms with E-state index in [1.54, 1.807) is 42.5 Å². The van der Waals surface area contributed by atoms with Gasteiger partial charge in [0.1, 0.15) is 24.9 Å². The number of hydrogen-bond donors (Lipinski definition) is 3.